The number of aryl methyl sites for hydroxylation is 1. The molecular formula is C29H35F3. The molecule has 172 valence electrons. The maximum Gasteiger partial charge on any atom is 0.166 e. The Kier molecular flexibility index (Phi) is 7.43. The molecule has 0 bridgehead atoms. The van der Waals surface area contributed by atoms with Gasteiger partial charge in [-0.2, -0.15) is 0 Å². The van der Waals surface area contributed by atoms with Gasteiger partial charge < -0.3 is 0 Å². The normalized spacial score (nSPS) is 20.7. The molecule has 4 rings (SSSR count). The molecule has 0 aliphatic heterocycles. The Hall–Kier alpha value is -2.03. The average molecular weight is 441 g/mol. The summed E-state index contributed by atoms with van der Waals surface area (Å²) in [5, 5.41) is 0. The van der Waals surface area contributed by atoms with Crippen molar-refractivity contribution >= 4 is 11.6 Å². The lowest BCUT2D eigenvalue weighted by molar-refractivity contribution is 0.298. The first-order valence-electron chi connectivity index (χ1n) is 12.5. The summed E-state index contributed by atoms with van der Waals surface area (Å²) in [7, 11) is 0. The van der Waals surface area contributed by atoms with E-state index in [2.05, 4.69) is 6.92 Å². The maximum atomic E-state index is 15.2. The first-order valence-corrected chi connectivity index (χ1v) is 12.5. The van der Waals surface area contributed by atoms with Crippen LogP contribution in [0, 0.1) is 23.4 Å². The summed E-state index contributed by atoms with van der Waals surface area (Å²) >= 11 is 0. The van der Waals surface area contributed by atoms with Crippen molar-refractivity contribution in [2.45, 2.75) is 90.4 Å². The van der Waals surface area contributed by atoms with E-state index in [9.17, 15) is 4.39 Å². The minimum atomic E-state index is -0.743. The lowest BCUT2D eigenvalue weighted by atomic mass is 9.76. The second-order valence-electron chi connectivity index (χ2n) is 9.67. The molecule has 1 saturated carbocycles. The minimum Gasteiger partial charge on any atom is -0.206 e. The molecule has 0 aromatic heterocycles. The van der Waals surface area contributed by atoms with Gasteiger partial charge in [-0.1, -0.05) is 69.9 Å². The Morgan fingerprint density at radius 3 is 2.31 bits per heavy atom. The van der Waals surface area contributed by atoms with Crippen LogP contribution in [0.1, 0.15) is 105 Å². The van der Waals surface area contributed by atoms with E-state index in [-0.39, 0.29) is 11.7 Å². The molecule has 2 aromatic carbocycles. The second kappa shape index (κ2) is 10.3. The highest BCUT2D eigenvalue weighted by molar-refractivity contribution is 5.85. The Morgan fingerprint density at radius 2 is 1.59 bits per heavy atom. The van der Waals surface area contributed by atoms with Crippen LogP contribution in [0.3, 0.4) is 0 Å². The highest BCUT2D eigenvalue weighted by atomic mass is 19.2. The van der Waals surface area contributed by atoms with Gasteiger partial charge in [0.2, 0.25) is 0 Å². The van der Waals surface area contributed by atoms with Gasteiger partial charge >= 0.3 is 0 Å². The number of halogens is 3. The fourth-order valence-electron chi connectivity index (χ4n) is 5.65. The number of hydrogen-bond acceptors (Lipinski definition) is 0. The van der Waals surface area contributed by atoms with Crippen LogP contribution in [0.2, 0.25) is 0 Å². The summed E-state index contributed by atoms with van der Waals surface area (Å²) in [5.74, 6) is -0.716. The molecule has 0 amide bonds. The van der Waals surface area contributed by atoms with Crippen molar-refractivity contribution in [1.82, 2.24) is 0 Å². The van der Waals surface area contributed by atoms with Crippen molar-refractivity contribution in [3.05, 3.63) is 69.5 Å². The number of rotatable bonds is 7. The predicted molar refractivity (Wildman–Crippen MR) is 127 cm³/mol. The second-order valence-corrected chi connectivity index (χ2v) is 9.67. The van der Waals surface area contributed by atoms with Gasteiger partial charge in [0.15, 0.2) is 11.6 Å². The summed E-state index contributed by atoms with van der Waals surface area (Å²) < 4.78 is 44.9. The summed E-state index contributed by atoms with van der Waals surface area (Å²) in [6.07, 6.45) is 12.7. The Labute approximate surface area is 190 Å². The molecule has 2 aromatic rings. The molecule has 0 heterocycles. The zero-order chi connectivity index (χ0) is 22.7. The molecule has 1 fully saturated rings. The molecule has 0 unspecified atom stereocenters. The van der Waals surface area contributed by atoms with Gasteiger partial charge in [-0.3, -0.25) is 0 Å². The Bertz CT molecular complexity index is 980. The van der Waals surface area contributed by atoms with E-state index in [0.29, 0.717) is 41.5 Å². The topological polar surface area (TPSA) is 0 Å². The lowest BCUT2D eigenvalue weighted by Crippen LogP contribution is -2.15. The van der Waals surface area contributed by atoms with E-state index >= 15 is 8.78 Å². The van der Waals surface area contributed by atoms with Gasteiger partial charge in [0.05, 0.1) is 0 Å². The summed E-state index contributed by atoms with van der Waals surface area (Å²) in [6, 6.07) is 7.24. The Balaban J connectivity index is 1.51. The molecule has 0 N–H and O–H groups in total. The van der Waals surface area contributed by atoms with Gasteiger partial charge in [-0.15, -0.1) is 0 Å². The number of fused-ring (bicyclic) bond motifs is 1. The van der Waals surface area contributed by atoms with E-state index in [1.54, 1.807) is 18.2 Å². The van der Waals surface area contributed by atoms with Gasteiger partial charge in [0, 0.05) is 5.56 Å². The fraction of sp³-hybridized carbons (Fsp3) is 0.517. The third-order valence-corrected chi connectivity index (χ3v) is 7.68. The fourth-order valence-corrected chi connectivity index (χ4v) is 5.65. The van der Waals surface area contributed by atoms with Crippen LogP contribution in [-0.2, 0) is 12.8 Å². The SMILES string of the molecule is CCCCCC1CCC(c2ccc(C3=Cc4ccc(CC)c(F)c4CC3)c(F)c2F)CC1. The Morgan fingerprint density at radius 1 is 0.812 bits per heavy atom. The van der Waals surface area contributed by atoms with Crippen LogP contribution >= 0.6 is 0 Å². The van der Waals surface area contributed by atoms with Crippen molar-refractivity contribution < 1.29 is 13.2 Å². The molecule has 0 radical (unpaired) electrons. The lowest BCUT2D eigenvalue weighted by Gasteiger charge is -2.29. The maximum absolute atomic E-state index is 15.2. The first kappa shape index (κ1) is 23.1. The molecule has 32 heavy (non-hydrogen) atoms. The van der Waals surface area contributed by atoms with Gasteiger partial charge in [-0.05, 0) is 84.6 Å². The van der Waals surface area contributed by atoms with Crippen LogP contribution in [0.4, 0.5) is 13.2 Å². The van der Waals surface area contributed by atoms with E-state index in [0.717, 1.165) is 42.7 Å². The van der Waals surface area contributed by atoms with E-state index < -0.39 is 11.6 Å². The molecule has 0 spiro atoms. The van der Waals surface area contributed by atoms with Crippen molar-refractivity contribution in [2.75, 3.05) is 0 Å². The van der Waals surface area contributed by atoms with Crippen molar-refractivity contribution in [1.29, 1.82) is 0 Å². The smallest absolute Gasteiger partial charge is 0.166 e. The third-order valence-electron chi connectivity index (χ3n) is 7.68. The van der Waals surface area contributed by atoms with Crippen LogP contribution in [0.5, 0.6) is 0 Å². The zero-order valence-corrected chi connectivity index (χ0v) is 19.5. The zero-order valence-electron chi connectivity index (χ0n) is 19.5. The standard InChI is InChI=1S/C29H35F3/c1-3-5-6-7-19-8-10-21(11-9-19)24-16-17-26(29(32)28(24)31)23-14-15-25-22(18-23)13-12-20(4-2)27(25)30/h12-13,16-19,21H,3-11,14-15H2,1-2H3. The summed E-state index contributed by atoms with van der Waals surface area (Å²) in [4.78, 5) is 0. The molecular weight excluding hydrogens is 405 g/mol. The summed E-state index contributed by atoms with van der Waals surface area (Å²) in [5.41, 5.74) is 3.80. The number of hydrogen-bond donors (Lipinski definition) is 0. The average Bonchev–Trinajstić information content (AvgIpc) is 2.82. The molecule has 0 saturated heterocycles. The minimum absolute atomic E-state index is 0.114. The van der Waals surface area contributed by atoms with E-state index in [1.807, 2.05) is 19.1 Å². The van der Waals surface area contributed by atoms with Crippen molar-refractivity contribution in [3.8, 4) is 0 Å². The largest absolute Gasteiger partial charge is 0.206 e. The molecule has 0 nitrogen and oxygen atoms in total. The van der Waals surface area contributed by atoms with E-state index in [1.165, 1.54) is 25.7 Å². The monoisotopic (exact) mass is 440 g/mol. The molecule has 2 aliphatic rings. The predicted octanol–water partition coefficient (Wildman–Crippen LogP) is 9.01. The van der Waals surface area contributed by atoms with Gasteiger partial charge in [0.1, 0.15) is 5.82 Å². The van der Waals surface area contributed by atoms with Crippen LogP contribution in [0.15, 0.2) is 24.3 Å². The van der Waals surface area contributed by atoms with Crippen molar-refractivity contribution in [2.24, 2.45) is 5.92 Å². The first-order chi connectivity index (χ1) is 15.5. The number of benzene rings is 2. The highest BCUT2D eigenvalue weighted by Crippen LogP contribution is 2.41. The van der Waals surface area contributed by atoms with Gasteiger partial charge in [-0.25, -0.2) is 13.2 Å². The number of allylic oxidation sites excluding steroid dienone is 1. The quantitative estimate of drug-likeness (QED) is 0.377. The highest BCUT2D eigenvalue weighted by Gasteiger charge is 2.27. The van der Waals surface area contributed by atoms with Crippen molar-refractivity contribution in [3.63, 3.8) is 0 Å². The van der Waals surface area contributed by atoms with Crippen LogP contribution in [0.25, 0.3) is 11.6 Å². The van der Waals surface area contributed by atoms with E-state index in [4.69, 9.17) is 0 Å². The molecule has 3 heteroatoms. The molecule has 0 atom stereocenters. The number of unbranched alkanes of at least 4 members (excludes halogenated alkanes) is 2. The molecule has 2 aliphatic carbocycles. The van der Waals surface area contributed by atoms with Crippen LogP contribution < -0.4 is 0 Å². The third kappa shape index (κ3) is 4.67. The van der Waals surface area contributed by atoms with Crippen LogP contribution in [-0.4, -0.2) is 0 Å². The van der Waals surface area contributed by atoms with Gasteiger partial charge in [0.25, 0.3) is 0 Å². The summed E-state index contributed by atoms with van der Waals surface area (Å²) in [6.45, 7) is 4.16.